The smallest absolute Gasteiger partial charge is 0.0976 e. The molecule has 0 radical (unpaired) electrons. The molecule has 0 aromatic heterocycles. The third-order valence-electron chi connectivity index (χ3n) is 6.40. The van der Waals surface area contributed by atoms with Crippen molar-refractivity contribution in [2.75, 3.05) is 40.0 Å². The van der Waals surface area contributed by atoms with Crippen molar-refractivity contribution in [3.05, 3.63) is 0 Å². The van der Waals surface area contributed by atoms with E-state index in [0.29, 0.717) is 0 Å². The van der Waals surface area contributed by atoms with E-state index in [1.54, 1.807) is 0 Å². The normalized spacial score (nSPS) is 13.4. The van der Waals surface area contributed by atoms with Gasteiger partial charge in [0.05, 0.1) is 41.7 Å². The summed E-state index contributed by atoms with van der Waals surface area (Å²) in [7, 11) is 3.81. The lowest BCUT2D eigenvalue weighted by Crippen LogP contribution is -3.00. The molecule has 184 valence electrons. The van der Waals surface area contributed by atoms with Crippen LogP contribution < -0.4 is 12.4 Å². The highest BCUT2D eigenvalue weighted by molar-refractivity contribution is 6.55. The molecular formula is C26H58ClNOSi. The average molecular weight is 464 g/mol. The van der Waals surface area contributed by atoms with Crippen molar-refractivity contribution >= 4 is 8.80 Å². The maximum absolute atomic E-state index is 5.28. The second kappa shape index (κ2) is 24.1. The zero-order valence-corrected chi connectivity index (χ0v) is 23.6. The summed E-state index contributed by atoms with van der Waals surface area (Å²) in [6.07, 6.45) is 26.0. The van der Waals surface area contributed by atoms with E-state index in [2.05, 4.69) is 27.1 Å². The van der Waals surface area contributed by atoms with Gasteiger partial charge in [0, 0.05) is 13.5 Å². The van der Waals surface area contributed by atoms with Crippen LogP contribution >= 0.6 is 0 Å². The van der Waals surface area contributed by atoms with Crippen molar-refractivity contribution < 1.29 is 21.6 Å². The largest absolute Gasteiger partial charge is 1.00 e. The molecule has 0 N–H and O–H groups in total. The summed E-state index contributed by atoms with van der Waals surface area (Å²) in [5.41, 5.74) is 0. The standard InChI is InChI=1S/C26H58NOSi.ClH/c1-6-7-8-9-10-11-12-13-14-15-16-17-18-19-20-21-23-27(2,26-29(4)5)24-22-25-28-3;/h29H,6-26H2,1-5H3;1H/q+1;/p-1. The molecule has 0 spiro atoms. The van der Waals surface area contributed by atoms with Gasteiger partial charge in [-0.2, -0.15) is 0 Å². The van der Waals surface area contributed by atoms with E-state index in [4.69, 9.17) is 4.74 Å². The monoisotopic (exact) mass is 463 g/mol. The Hall–Kier alpha value is 0.427. The van der Waals surface area contributed by atoms with Gasteiger partial charge in [-0.05, 0) is 12.8 Å². The van der Waals surface area contributed by atoms with Crippen molar-refractivity contribution in [2.24, 2.45) is 0 Å². The van der Waals surface area contributed by atoms with E-state index in [-0.39, 0.29) is 12.4 Å². The molecule has 1 atom stereocenters. The molecule has 0 aliphatic heterocycles. The molecule has 0 aliphatic rings. The SMILES string of the molecule is CCCCCCCCCCCCCCCCCC[N+](C)(CCCOC)C[SiH](C)C.[Cl-]. The molecule has 0 aromatic carbocycles. The number of hydrogen-bond donors (Lipinski definition) is 0. The van der Waals surface area contributed by atoms with Gasteiger partial charge in [0.15, 0.2) is 0 Å². The molecule has 4 heteroatoms. The van der Waals surface area contributed by atoms with Gasteiger partial charge in [0.2, 0.25) is 0 Å². The average Bonchev–Trinajstić information content (AvgIpc) is 2.67. The van der Waals surface area contributed by atoms with Crippen LogP contribution in [0.5, 0.6) is 0 Å². The highest BCUT2D eigenvalue weighted by Gasteiger charge is 2.22. The number of ether oxygens (including phenoxy) is 1. The molecule has 1 unspecified atom stereocenters. The Morgan fingerprint density at radius 2 is 0.967 bits per heavy atom. The summed E-state index contributed by atoms with van der Waals surface area (Å²) >= 11 is 0. The van der Waals surface area contributed by atoms with Gasteiger partial charge in [-0.1, -0.05) is 110 Å². The Labute approximate surface area is 199 Å². The molecule has 0 fully saturated rings. The van der Waals surface area contributed by atoms with Crippen LogP contribution in [-0.2, 0) is 4.74 Å². The third kappa shape index (κ3) is 23.1. The molecule has 0 aromatic rings. The quantitative estimate of drug-likeness (QED) is 0.120. The van der Waals surface area contributed by atoms with Crippen molar-refractivity contribution in [2.45, 2.75) is 129 Å². The number of methoxy groups -OCH3 is 1. The first-order valence-electron chi connectivity index (χ1n) is 13.4. The van der Waals surface area contributed by atoms with Gasteiger partial charge < -0.3 is 21.6 Å². The highest BCUT2D eigenvalue weighted by atomic mass is 35.5. The minimum Gasteiger partial charge on any atom is -1.00 e. The summed E-state index contributed by atoms with van der Waals surface area (Å²) in [5.74, 6) is 0. The van der Waals surface area contributed by atoms with Crippen LogP contribution in [0.15, 0.2) is 0 Å². The zero-order valence-electron chi connectivity index (χ0n) is 21.7. The van der Waals surface area contributed by atoms with Crippen molar-refractivity contribution in [1.82, 2.24) is 0 Å². The van der Waals surface area contributed by atoms with Crippen LogP contribution in [0.2, 0.25) is 13.1 Å². The lowest BCUT2D eigenvalue weighted by Gasteiger charge is -2.36. The maximum atomic E-state index is 5.28. The number of halogens is 1. The van der Waals surface area contributed by atoms with Crippen LogP contribution in [0, 0.1) is 0 Å². The van der Waals surface area contributed by atoms with Crippen molar-refractivity contribution in [3.8, 4) is 0 Å². The second-order valence-electron chi connectivity index (χ2n) is 10.3. The van der Waals surface area contributed by atoms with Gasteiger partial charge in [-0.3, -0.25) is 0 Å². The van der Waals surface area contributed by atoms with Crippen LogP contribution in [-0.4, -0.2) is 53.3 Å². The predicted molar refractivity (Wildman–Crippen MR) is 136 cm³/mol. The van der Waals surface area contributed by atoms with Crippen LogP contribution in [0.25, 0.3) is 0 Å². The minimum atomic E-state index is -0.512. The molecule has 0 bridgehead atoms. The Balaban J connectivity index is 0. The van der Waals surface area contributed by atoms with E-state index in [0.717, 1.165) is 6.61 Å². The molecule has 2 nitrogen and oxygen atoms in total. The lowest BCUT2D eigenvalue weighted by molar-refractivity contribution is -0.900. The van der Waals surface area contributed by atoms with E-state index < -0.39 is 8.80 Å². The Morgan fingerprint density at radius 1 is 0.600 bits per heavy atom. The summed E-state index contributed by atoms with van der Waals surface area (Å²) in [6.45, 7) is 10.9. The lowest BCUT2D eigenvalue weighted by atomic mass is 10.0. The third-order valence-corrected chi connectivity index (χ3v) is 8.02. The molecule has 30 heavy (non-hydrogen) atoms. The van der Waals surface area contributed by atoms with E-state index in [1.165, 1.54) is 133 Å². The first-order valence-corrected chi connectivity index (χ1v) is 16.5. The summed E-state index contributed by atoms with van der Waals surface area (Å²) < 4.78 is 6.58. The first-order chi connectivity index (χ1) is 14.0. The summed E-state index contributed by atoms with van der Waals surface area (Å²) in [6, 6.07) is 0. The summed E-state index contributed by atoms with van der Waals surface area (Å²) in [4.78, 5) is 0. The maximum Gasteiger partial charge on any atom is 0.0976 e. The number of quaternary nitrogens is 1. The van der Waals surface area contributed by atoms with Gasteiger partial charge >= 0.3 is 0 Å². The molecule has 0 saturated carbocycles. The zero-order chi connectivity index (χ0) is 21.6. The molecule has 0 heterocycles. The fraction of sp³-hybridized carbons (Fsp3) is 1.00. The second-order valence-corrected chi connectivity index (χ2v) is 13.4. The Kier molecular flexibility index (Phi) is 26.2. The van der Waals surface area contributed by atoms with Crippen LogP contribution in [0.3, 0.4) is 0 Å². The number of rotatable bonds is 23. The fourth-order valence-electron chi connectivity index (χ4n) is 4.81. The number of hydrogen-bond acceptors (Lipinski definition) is 1. The van der Waals surface area contributed by atoms with Gasteiger partial charge in [0.1, 0.15) is 0 Å². The van der Waals surface area contributed by atoms with E-state index >= 15 is 0 Å². The van der Waals surface area contributed by atoms with Crippen molar-refractivity contribution in [3.63, 3.8) is 0 Å². The van der Waals surface area contributed by atoms with Crippen LogP contribution in [0.4, 0.5) is 0 Å². The Morgan fingerprint density at radius 3 is 1.33 bits per heavy atom. The predicted octanol–water partition coefficient (Wildman–Crippen LogP) is 4.76. The van der Waals surface area contributed by atoms with E-state index in [1.807, 2.05) is 7.11 Å². The molecule has 0 saturated heterocycles. The number of unbranched alkanes of at least 4 members (excludes halogenated alkanes) is 15. The van der Waals surface area contributed by atoms with Gasteiger partial charge in [0.25, 0.3) is 0 Å². The van der Waals surface area contributed by atoms with Crippen LogP contribution in [0.1, 0.15) is 116 Å². The molecule has 0 rings (SSSR count). The van der Waals surface area contributed by atoms with E-state index in [9.17, 15) is 0 Å². The molecule has 0 aliphatic carbocycles. The molecular weight excluding hydrogens is 406 g/mol. The minimum absolute atomic E-state index is 0. The first kappa shape index (κ1) is 32.6. The summed E-state index contributed by atoms with van der Waals surface area (Å²) in [5, 5.41) is 0. The van der Waals surface area contributed by atoms with Gasteiger partial charge in [-0.25, -0.2) is 0 Å². The molecule has 0 amide bonds. The Bertz CT molecular complexity index is 330. The topological polar surface area (TPSA) is 9.23 Å². The number of nitrogens with zero attached hydrogens (tertiary/aromatic N) is 1. The van der Waals surface area contributed by atoms with Gasteiger partial charge in [-0.15, -0.1) is 0 Å². The highest BCUT2D eigenvalue weighted by Crippen LogP contribution is 2.15. The van der Waals surface area contributed by atoms with Crippen molar-refractivity contribution in [1.29, 1.82) is 0 Å². The fourth-order valence-corrected chi connectivity index (χ4v) is 6.94.